The predicted octanol–water partition coefficient (Wildman–Crippen LogP) is 4.43. The van der Waals surface area contributed by atoms with Crippen LogP contribution in [0.25, 0.3) is 11.3 Å². The number of rotatable bonds is 3. The Kier molecular flexibility index (Phi) is 3.97. The fraction of sp³-hybridized carbons (Fsp3) is 0.158. The summed E-state index contributed by atoms with van der Waals surface area (Å²) in [5.41, 5.74) is 3.21. The van der Waals surface area contributed by atoms with E-state index in [0.717, 1.165) is 27.4 Å². The topological polar surface area (TPSA) is 51.2 Å². The second kappa shape index (κ2) is 6.29. The Labute approximate surface area is 148 Å². The van der Waals surface area contributed by atoms with Crippen molar-refractivity contribution in [1.29, 1.82) is 0 Å². The Morgan fingerprint density at radius 3 is 2.80 bits per heavy atom. The molecule has 1 amide bonds. The number of carbonyl (C=O) groups excluding carboxylic acids is 1. The number of hydrogen-bond acceptors (Lipinski definition) is 4. The molecule has 0 spiro atoms. The summed E-state index contributed by atoms with van der Waals surface area (Å²) >= 11 is 1.37. The zero-order chi connectivity index (χ0) is 17.4. The summed E-state index contributed by atoms with van der Waals surface area (Å²) in [5.74, 6) is 0.342. The summed E-state index contributed by atoms with van der Waals surface area (Å²) in [7, 11) is 1.62. The average molecular weight is 354 g/mol. The maximum atomic E-state index is 13.2. The summed E-state index contributed by atoms with van der Waals surface area (Å²) in [6.07, 6.45) is 0.366. The summed E-state index contributed by atoms with van der Waals surface area (Å²) in [4.78, 5) is 13.3. The molecule has 0 aliphatic carbocycles. The van der Waals surface area contributed by atoms with Gasteiger partial charge in [-0.05, 0) is 53.5 Å². The third kappa shape index (κ3) is 2.89. The monoisotopic (exact) mass is 354 g/mol. The van der Waals surface area contributed by atoms with Crippen molar-refractivity contribution in [3.63, 3.8) is 0 Å². The van der Waals surface area contributed by atoms with Crippen molar-refractivity contribution < 1.29 is 13.9 Å². The number of hydrogen-bond donors (Lipinski definition) is 1. The molecule has 25 heavy (non-hydrogen) atoms. The quantitative estimate of drug-likeness (QED) is 0.757. The molecule has 4 nitrogen and oxygen atoms in total. The lowest BCUT2D eigenvalue weighted by Gasteiger charge is -2.23. The Morgan fingerprint density at radius 2 is 2.04 bits per heavy atom. The lowest BCUT2D eigenvalue weighted by atomic mass is 9.89. The van der Waals surface area contributed by atoms with Gasteiger partial charge in [0.15, 0.2) is 0 Å². The molecule has 6 heteroatoms. The van der Waals surface area contributed by atoms with Crippen LogP contribution in [0.3, 0.4) is 0 Å². The second-order valence-electron chi connectivity index (χ2n) is 5.86. The van der Waals surface area contributed by atoms with E-state index in [1.807, 2.05) is 24.3 Å². The molecule has 1 N–H and O–H groups in total. The van der Waals surface area contributed by atoms with Crippen LogP contribution in [-0.2, 0) is 4.79 Å². The molecule has 3 aromatic rings. The molecule has 1 aromatic heterocycles. The van der Waals surface area contributed by atoms with E-state index in [-0.39, 0.29) is 17.6 Å². The minimum absolute atomic E-state index is 0.0520. The van der Waals surface area contributed by atoms with Gasteiger partial charge in [0, 0.05) is 17.9 Å². The summed E-state index contributed by atoms with van der Waals surface area (Å²) in [6, 6.07) is 13.9. The molecule has 1 aliphatic heterocycles. The van der Waals surface area contributed by atoms with Crippen molar-refractivity contribution in [2.45, 2.75) is 12.3 Å². The molecule has 2 aromatic carbocycles. The minimum Gasteiger partial charge on any atom is -0.497 e. The molecule has 1 aliphatic rings. The number of nitrogens with zero attached hydrogens (tertiary/aromatic N) is 1. The predicted molar refractivity (Wildman–Crippen MR) is 95.6 cm³/mol. The number of halogens is 1. The Hall–Kier alpha value is -2.73. The number of anilines is 1. The van der Waals surface area contributed by atoms with E-state index in [1.165, 1.54) is 23.7 Å². The van der Waals surface area contributed by atoms with Crippen molar-refractivity contribution in [3.8, 4) is 17.0 Å². The molecule has 2 heterocycles. The number of ether oxygens (including phenoxy) is 1. The maximum absolute atomic E-state index is 13.2. The van der Waals surface area contributed by atoms with Crippen LogP contribution in [0, 0.1) is 5.82 Å². The van der Waals surface area contributed by atoms with Gasteiger partial charge in [-0.3, -0.25) is 4.79 Å². The average Bonchev–Trinajstić information content (AvgIpc) is 3.05. The highest BCUT2D eigenvalue weighted by Gasteiger charge is 2.31. The van der Waals surface area contributed by atoms with Crippen LogP contribution in [0.5, 0.6) is 5.75 Å². The van der Waals surface area contributed by atoms with Crippen molar-refractivity contribution >= 4 is 23.1 Å². The van der Waals surface area contributed by atoms with Gasteiger partial charge >= 0.3 is 0 Å². The number of aromatic nitrogens is 1. The van der Waals surface area contributed by atoms with Gasteiger partial charge in [0.05, 0.1) is 17.7 Å². The first-order valence-electron chi connectivity index (χ1n) is 7.85. The molecule has 4 rings (SSSR count). The van der Waals surface area contributed by atoms with E-state index in [4.69, 9.17) is 4.74 Å². The van der Waals surface area contributed by atoms with Crippen LogP contribution in [-0.4, -0.2) is 17.4 Å². The highest BCUT2D eigenvalue weighted by molar-refractivity contribution is 7.07. The molecule has 1 unspecified atom stereocenters. The summed E-state index contributed by atoms with van der Waals surface area (Å²) < 4.78 is 23.0. The maximum Gasteiger partial charge on any atom is 0.225 e. The fourth-order valence-electron chi connectivity index (χ4n) is 3.06. The van der Waals surface area contributed by atoms with Crippen molar-refractivity contribution in [2.24, 2.45) is 0 Å². The Balaban J connectivity index is 1.79. The van der Waals surface area contributed by atoms with Crippen LogP contribution < -0.4 is 10.1 Å². The zero-order valence-electron chi connectivity index (χ0n) is 13.5. The molecule has 0 saturated carbocycles. The standard InChI is InChI=1S/C19H15FN2O2S/c1-24-14-4-2-3-12(9-14)15-10-16(23)21-18-17(22-25-19(15)18)11-5-7-13(20)8-6-11/h2-9,15H,10H2,1H3,(H,21,23). The van der Waals surface area contributed by atoms with Gasteiger partial charge in [0.2, 0.25) is 5.91 Å². The molecule has 1 atom stereocenters. The van der Waals surface area contributed by atoms with E-state index < -0.39 is 0 Å². The van der Waals surface area contributed by atoms with Gasteiger partial charge in [-0.2, -0.15) is 4.37 Å². The van der Waals surface area contributed by atoms with Crippen LogP contribution in [0.4, 0.5) is 10.1 Å². The van der Waals surface area contributed by atoms with Crippen molar-refractivity contribution in [3.05, 3.63) is 64.8 Å². The molecule has 0 radical (unpaired) electrons. The first-order valence-corrected chi connectivity index (χ1v) is 8.62. The van der Waals surface area contributed by atoms with E-state index in [2.05, 4.69) is 9.69 Å². The third-order valence-corrected chi connectivity index (χ3v) is 5.26. The first kappa shape index (κ1) is 15.8. The van der Waals surface area contributed by atoms with Crippen LogP contribution in [0.2, 0.25) is 0 Å². The fourth-order valence-corrected chi connectivity index (χ4v) is 4.03. The summed E-state index contributed by atoms with van der Waals surface area (Å²) in [6.45, 7) is 0. The normalized spacial score (nSPS) is 16.2. The number of amides is 1. The number of benzene rings is 2. The van der Waals surface area contributed by atoms with Gasteiger partial charge < -0.3 is 10.1 Å². The highest BCUT2D eigenvalue weighted by Crippen LogP contribution is 2.45. The molecular formula is C19H15FN2O2S. The lowest BCUT2D eigenvalue weighted by molar-refractivity contribution is -0.116. The van der Waals surface area contributed by atoms with Gasteiger partial charge in [-0.1, -0.05) is 12.1 Å². The Bertz CT molecular complexity index is 937. The van der Waals surface area contributed by atoms with E-state index in [9.17, 15) is 9.18 Å². The number of methoxy groups -OCH3 is 1. The Morgan fingerprint density at radius 1 is 1.24 bits per heavy atom. The van der Waals surface area contributed by atoms with Gasteiger partial charge in [0.1, 0.15) is 17.3 Å². The largest absolute Gasteiger partial charge is 0.497 e. The lowest BCUT2D eigenvalue weighted by Crippen LogP contribution is -2.22. The highest BCUT2D eigenvalue weighted by atomic mass is 32.1. The zero-order valence-corrected chi connectivity index (χ0v) is 14.3. The first-order chi connectivity index (χ1) is 12.2. The minimum atomic E-state index is -0.300. The van der Waals surface area contributed by atoms with Gasteiger partial charge in [0.25, 0.3) is 0 Å². The van der Waals surface area contributed by atoms with Crippen LogP contribution >= 0.6 is 11.5 Å². The van der Waals surface area contributed by atoms with Crippen LogP contribution in [0.1, 0.15) is 22.8 Å². The molecule has 0 bridgehead atoms. The van der Waals surface area contributed by atoms with Gasteiger partial charge in [-0.25, -0.2) is 4.39 Å². The molecule has 0 saturated heterocycles. The summed E-state index contributed by atoms with van der Waals surface area (Å²) in [5, 5.41) is 2.93. The van der Waals surface area contributed by atoms with E-state index in [1.54, 1.807) is 19.2 Å². The number of carbonyl (C=O) groups is 1. The number of nitrogens with one attached hydrogen (secondary N) is 1. The smallest absolute Gasteiger partial charge is 0.225 e. The van der Waals surface area contributed by atoms with Crippen molar-refractivity contribution in [1.82, 2.24) is 4.37 Å². The van der Waals surface area contributed by atoms with Gasteiger partial charge in [-0.15, -0.1) is 0 Å². The van der Waals surface area contributed by atoms with E-state index >= 15 is 0 Å². The van der Waals surface area contributed by atoms with E-state index in [0.29, 0.717) is 12.1 Å². The van der Waals surface area contributed by atoms with Crippen LogP contribution in [0.15, 0.2) is 48.5 Å². The molecule has 0 fully saturated rings. The molecule has 126 valence electrons. The molecular weight excluding hydrogens is 339 g/mol. The SMILES string of the molecule is COc1cccc(C2CC(=O)Nc3c(-c4ccc(F)cc4)nsc32)c1. The van der Waals surface area contributed by atoms with Crippen molar-refractivity contribution in [2.75, 3.05) is 12.4 Å². The number of fused-ring (bicyclic) bond motifs is 1. The third-order valence-electron chi connectivity index (χ3n) is 4.30. The second-order valence-corrected chi connectivity index (χ2v) is 6.66.